The average Bonchev–Trinajstić information content (AvgIpc) is 2.24. The third-order valence-corrected chi connectivity index (χ3v) is 4.05. The van der Waals surface area contributed by atoms with Gasteiger partial charge in [-0.25, -0.2) is 0 Å². The van der Waals surface area contributed by atoms with Gasteiger partial charge in [0.25, 0.3) is 5.69 Å². The fourth-order valence-electron chi connectivity index (χ4n) is 2.69. The van der Waals surface area contributed by atoms with E-state index in [0.717, 1.165) is 18.4 Å². The highest BCUT2D eigenvalue weighted by Gasteiger charge is 2.37. The Morgan fingerprint density at radius 3 is 2.12 bits per heavy atom. The first-order valence-corrected chi connectivity index (χ1v) is 6.03. The maximum atomic E-state index is 10.9. The summed E-state index contributed by atoms with van der Waals surface area (Å²) in [6.45, 7) is 8.77. The molecule has 0 unspecified atom stereocenters. The van der Waals surface area contributed by atoms with Crippen molar-refractivity contribution >= 4 is 5.69 Å². The number of nitro groups is 1. The molecule has 0 atom stereocenters. The molecular weight excluding hydrogens is 214 g/mol. The maximum Gasteiger partial charge on any atom is 0.269 e. The lowest BCUT2D eigenvalue weighted by atomic mass is 9.63. The van der Waals surface area contributed by atoms with Gasteiger partial charge in [0.1, 0.15) is 0 Å². The lowest BCUT2D eigenvalue weighted by Crippen LogP contribution is -2.33. The van der Waals surface area contributed by atoms with Gasteiger partial charge in [0, 0.05) is 12.1 Å². The first-order chi connectivity index (χ1) is 7.74. The van der Waals surface area contributed by atoms with Crippen LogP contribution in [0.25, 0.3) is 0 Å². The first kappa shape index (κ1) is 12.1. The van der Waals surface area contributed by atoms with Gasteiger partial charge in [0.2, 0.25) is 0 Å². The number of hydrogen-bond acceptors (Lipinski definition) is 2. The summed E-state index contributed by atoms with van der Waals surface area (Å²) in [6.07, 6.45) is 2.21. The molecule has 0 fully saturated rings. The van der Waals surface area contributed by atoms with E-state index in [9.17, 15) is 10.1 Å². The van der Waals surface area contributed by atoms with Gasteiger partial charge in [-0.05, 0) is 34.8 Å². The minimum Gasteiger partial charge on any atom is -0.258 e. The standard InChI is InChI=1S/C14H19NO2/c1-13(2)7-8-14(3,4)12-9-10(15(16)17)5-6-11(12)13/h5-6,9H,7-8H2,1-4H3. The Labute approximate surface area is 102 Å². The van der Waals surface area contributed by atoms with E-state index < -0.39 is 0 Å². The first-order valence-electron chi connectivity index (χ1n) is 6.03. The second kappa shape index (κ2) is 3.56. The number of non-ortho nitro benzene ring substituents is 1. The van der Waals surface area contributed by atoms with Crippen LogP contribution >= 0.6 is 0 Å². The van der Waals surface area contributed by atoms with Crippen molar-refractivity contribution in [2.45, 2.75) is 51.4 Å². The van der Waals surface area contributed by atoms with Crippen molar-refractivity contribution in [1.29, 1.82) is 0 Å². The van der Waals surface area contributed by atoms with Gasteiger partial charge < -0.3 is 0 Å². The Kier molecular flexibility index (Phi) is 2.53. The number of benzene rings is 1. The molecule has 1 aromatic carbocycles. The Hall–Kier alpha value is -1.38. The molecule has 0 saturated heterocycles. The van der Waals surface area contributed by atoms with Crippen LogP contribution in [0.1, 0.15) is 51.7 Å². The van der Waals surface area contributed by atoms with Crippen LogP contribution in [0.5, 0.6) is 0 Å². The van der Waals surface area contributed by atoms with Crippen LogP contribution < -0.4 is 0 Å². The second-order valence-corrected chi connectivity index (χ2v) is 6.25. The normalized spacial score (nSPS) is 20.7. The summed E-state index contributed by atoms with van der Waals surface area (Å²) in [4.78, 5) is 10.6. The SMILES string of the molecule is CC1(C)CCC(C)(C)c2cc([N+](=O)[O-])ccc21. The molecule has 1 aliphatic carbocycles. The lowest BCUT2D eigenvalue weighted by molar-refractivity contribution is -0.385. The summed E-state index contributed by atoms with van der Waals surface area (Å²) in [7, 11) is 0. The third kappa shape index (κ3) is 1.94. The van der Waals surface area contributed by atoms with Crippen LogP contribution in [-0.2, 0) is 10.8 Å². The smallest absolute Gasteiger partial charge is 0.258 e. The zero-order valence-corrected chi connectivity index (χ0v) is 10.9. The fraction of sp³-hybridized carbons (Fsp3) is 0.571. The van der Waals surface area contributed by atoms with Crippen molar-refractivity contribution in [3.05, 3.63) is 39.4 Å². The van der Waals surface area contributed by atoms with E-state index in [1.807, 2.05) is 6.07 Å². The summed E-state index contributed by atoms with van der Waals surface area (Å²) < 4.78 is 0. The van der Waals surface area contributed by atoms with Crippen molar-refractivity contribution in [2.75, 3.05) is 0 Å². The van der Waals surface area contributed by atoms with Crippen LogP contribution in [0.3, 0.4) is 0 Å². The molecule has 0 aromatic heterocycles. The van der Waals surface area contributed by atoms with E-state index in [1.165, 1.54) is 5.56 Å². The minimum absolute atomic E-state index is 0.0386. The third-order valence-electron chi connectivity index (χ3n) is 4.05. The number of rotatable bonds is 1. The predicted octanol–water partition coefficient (Wildman–Crippen LogP) is 3.94. The van der Waals surface area contributed by atoms with Crippen molar-refractivity contribution in [2.24, 2.45) is 0 Å². The fourth-order valence-corrected chi connectivity index (χ4v) is 2.69. The summed E-state index contributed by atoms with van der Waals surface area (Å²) in [5.74, 6) is 0. The molecule has 17 heavy (non-hydrogen) atoms. The Bertz CT molecular complexity index is 475. The molecule has 0 saturated carbocycles. The number of fused-ring (bicyclic) bond motifs is 1. The average molecular weight is 233 g/mol. The molecule has 0 amide bonds. The summed E-state index contributed by atoms with van der Waals surface area (Å²) in [6, 6.07) is 5.33. The van der Waals surface area contributed by atoms with Crippen LogP contribution in [-0.4, -0.2) is 4.92 Å². The van der Waals surface area contributed by atoms with Crippen LogP contribution in [0.2, 0.25) is 0 Å². The maximum absolute atomic E-state index is 10.9. The number of nitro benzene ring substituents is 1. The molecule has 1 aromatic rings. The van der Waals surface area contributed by atoms with Crippen molar-refractivity contribution in [3.63, 3.8) is 0 Å². The van der Waals surface area contributed by atoms with Gasteiger partial charge in [-0.3, -0.25) is 10.1 Å². The molecule has 0 bridgehead atoms. The minimum atomic E-state index is -0.308. The van der Waals surface area contributed by atoms with Gasteiger partial charge in [-0.2, -0.15) is 0 Å². The Morgan fingerprint density at radius 2 is 1.59 bits per heavy atom. The Balaban J connectivity index is 2.64. The summed E-state index contributed by atoms with van der Waals surface area (Å²) in [5.41, 5.74) is 2.77. The van der Waals surface area contributed by atoms with Crippen LogP contribution in [0.4, 0.5) is 5.69 Å². The highest BCUT2D eigenvalue weighted by molar-refractivity contribution is 5.48. The number of hydrogen-bond donors (Lipinski definition) is 0. The van der Waals surface area contributed by atoms with Crippen molar-refractivity contribution in [1.82, 2.24) is 0 Å². The molecule has 0 N–H and O–H groups in total. The molecule has 3 nitrogen and oxygen atoms in total. The van der Waals surface area contributed by atoms with E-state index >= 15 is 0 Å². The molecule has 2 rings (SSSR count). The summed E-state index contributed by atoms with van der Waals surface area (Å²) in [5, 5.41) is 10.9. The molecular formula is C14H19NO2. The highest BCUT2D eigenvalue weighted by Crippen LogP contribution is 2.46. The van der Waals surface area contributed by atoms with Gasteiger partial charge in [-0.1, -0.05) is 33.8 Å². The van der Waals surface area contributed by atoms with Gasteiger partial charge in [0.15, 0.2) is 0 Å². The molecule has 1 aliphatic rings. The van der Waals surface area contributed by atoms with Crippen LogP contribution in [0.15, 0.2) is 18.2 Å². The zero-order chi connectivity index (χ0) is 12.8. The molecule has 0 spiro atoms. The monoisotopic (exact) mass is 233 g/mol. The van der Waals surface area contributed by atoms with E-state index in [1.54, 1.807) is 12.1 Å². The topological polar surface area (TPSA) is 43.1 Å². The second-order valence-electron chi connectivity index (χ2n) is 6.25. The van der Waals surface area contributed by atoms with E-state index in [4.69, 9.17) is 0 Å². The Morgan fingerprint density at radius 1 is 1.06 bits per heavy atom. The molecule has 3 heteroatoms. The van der Waals surface area contributed by atoms with Crippen molar-refractivity contribution in [3.8, 4) is 0 Å². The van der Waals surface area contributed by atoms with Gasteiger partial charge >= 0.3 is 0 Å². The largest absolute Gasteiger partial charge is 0.269 e. The molecule has 92 valence electrons. The highest BCUT2D eigenvalue weighted by atomic mass is 16.6. The van der Waals surface area contributed by atoms with E-state index in [-0.39, 0.29) is 21.4 Å². The number of nitrogens with zero attached hydrogens (tertiary/aromatic N) is 1. The van der Waals surface area contributed by atoms with Crippen molar-refractivity contribution < 1.29 is 4.92 Å². The predicted molar refractivity (Wildman–Crippen MR) is 68.4 cm³/mol. The molecule has 0 aliphatic heterocycles. The molecule has 0 heterocycles. The van der Waals surface area contributed by atoms with Crippen LogP contribution in [0, 0.1) is 10.1 Å². The molecule has 0 radical (unpaired) electrons. The zero-order valence-electron chi connectivity index (χ0n) is 10.9. The quantitative estimate of drug-likeness (QED) is 0.544. The van der Waals surface area contributed by atoms with E-state index in [0.29, 0.717) is 0 Å². The lowest BCUT2D eigenvalue weighted by Gasteiger charge is -2.41. The van der Waals surface area contributed by atoms with Gasteiger partial charge in [0.05, 0.1) is 4.92 Å². The summed E-state index contributed by atoms with van der Waals surface area (Å²) >= 11 is 0. The van der Waals surface area contributed by atoms with Gasteiger partial charge in [-0.15, -0.1) is 0 Å². The van der Waals surface area contributed by atoms with E-state index in [2.05, 4.69) is 27.7 Å².